The molecule has 1 fully saturated rings. The molecule has 2 unspecified atom stereocenters. The molecule has 1 aliphatic rings. The first kappa shape index (κ1) is 16.3. The first-order valence-electron chi connectivity index (χ1n) is 5.98. The van der Waals surface area contributed by atoms with Crippen LogP contribution >= 0.6 is 11.8 Å². The summed E-state index contributed by atoms with van der Waals surface area (Å²) in [5.74, 6) is -1.17. The quantitative estimate of drug-likeness (QED) is 0.773. The molecule has 6 nitrogen and oxygen atoms in total. The Bertz CT molecular complexity index is 448. The van der Waals surface area contributed by atoms with Crippen LogP contribution in [-0.4, -0.2) is 66.4 Å². The maximum absolute atomic E-state index is 12.2. The van der Waals surface area contributed by atoms with E-state index in [9.17, 15) is 18.0 Å². The number of nitrogens with zero attached hydrogens (tertiary/aromatic N) is 1. The van der Waals surface area contributed by atoms with Crippen LogP contribution in [0.25, 0.3) is 0 Å². The SMILES string of the molecule is CSCC(C)C(=O)N1CCS(=O)(=O)CC1CC(=O)O. The van der Waals surface area contributed by atoms with Gasteiger partial charge in [-0.25, -0.2) is 8.42 Å². The number of carboxylic acids is 1. The van der Waals surface area contributed by atoms with E-state index in [1.807, 2.05) is 6.26 Å². The highest BCUT2D eigenvalue weighted by Crippen LogP contribution is 2.19. The summed E-state index contributed by atoms with van der Waals surface area (Å²) in [6.45, 7) is 1.87. The van der Waals surface area contributed by atoms with E-state index >= 15 is 0 Å². The summed E-state index contributed by atoms with van der Waals surface area (Å²) in [7, 11) is -3.24. The Labute approximate surface area is 117 Å². The highest BCUT2D eigenvalue weighted by molar-refractivity contribution is 7.98. The van der Waals surface area contributed by atoms with E-state index in [2.05, 4.69) is 0 Å². The predicted octanol–water partition coefficient (Wildman–Crippen LogP) is 0.0858. The van der Waals surface area contributed by atoms with Crippen molar-refractivity contribution < 1.29 is 23.1 Å². The molecule has 8 heteroatoms. The van der Waals surface area contributed by atoms with Crippen molar-refractivity contribution in [3.63, 3.8) is 0 Å². The first-order valence-corrected chi connectivity index (χ1v) is 9.20. The van der Waals surface area contributed by atoms with Gasteiger partial charge in [-0.15, -0.1) is 0 Å². The zero-order valence-electron chi connectivity index (χ0n) is 11.0. The zero-order valence-corrected chi connectivity index (χ0v) is 12.7. The lowest BCUT2D eigenvalue weighted by atomic mass is 10.1. The van der Waals surface area contributed by atoms with Crippen LogP contribution in [0, 0.1) is 5.92 Å². The lowest BCUT2D eigenvalue weighted by Crippen LogP contribution is -2.53. The first-order chi connectivity index (χ1) is 8.76. The van der Waals surface area contributed by atoms with Gasteiger partial charge in [-0.2, -0.15) is 11.8 Å². The summed E-state index contributed by atoms with van der Waals surface area (Å²) in [6, 6.07) is -0.743. The van der Waals surface area contributed by atoms with Crippen LogP contribution in [0.5, 0.6) is 0 Å². The van der Waals surface area contributed by atoms with Gasteiger partial charge < -0.3 is 10.0 Å². The molecule has 1 rings (SSSR count). The molecular weight excluding hydrogens is 290 g/mol. The molecule has 0 radical (unpaired) electrons. The molecule has 1 amide bonds. The second-order valence-corrected chi connectivity index (χ2v) is 7.89. The molecule has 0 aromatic carbocycles. The summed E-state index contributed by atoms with van der Waals surface area (Å²) >= 11 is 1.53. The van der Waals surface area contributed by atoms with E-state index < -0.39 is 21.8 Å². The number of hydrogen-bond acceptors (Lipinski definition) is 5. The smallest absolute Gasteiger partial charge is 0.305 e. The predicted molar refractivity (Wildman–Crippen MR) is 74.0 cm³/mol. The third-order valence-corrected chi connectivity index (χ3v) is 5.59. The van der Waals surface area contributed by atoms with Gasteiger partial charge in [0, 0.05) is 18.2 Å². The molecule has 0 spiro atoms. The molecule has 1 heterocycles. The third kappa shape index (κ3) is 4.68. The number of rotatable bonds is 5. The van der Waals surface area contributed by atoms with Crippen LogP contribution < -0.4 is 0 Å². The number of carboxylic acid groups (broad SMARTS) is 1. The summed E-state index contributed by atoms with van der Waals surface area (Å²) in [5.41, 5.74) is 0. The van der Waals surface area contributed by atoms with Gasteiger partial charge in [0.1, 0.15) is 0 Å². The van der Waals surface area contributed by atoms with Crippen molar-refractivity contribution in [2.75, 3.05) is 30.1 Å². The van der Waals surface area contributed by atoms with E-state index in [0.717, 1.165) is 0 Å². The van der Waals surface area contributed by atoms with Crippen LogP contribution in [0.15, 0.2) is 0 Å². The Morgan fingerprint density at radius 3 is 2.63 bits per heavy atom. The summed E-state index contributed by atoms with van der Waals surface area (Å²) in [4.78, 5) is 24.4. The van der Waals surface area contributed by atoms with E-state index in [1.165, 1.54) is 16.7 Å². The number of carbonyl (C=O) groups excluding carboxylic acids is 1. The monoisotopic (exact) mass is 309 g/mol. The molecule has 1 aliphatic heterocycles. The number of thioether (sulfide) groups is 1. The Morgan fingerprint density at radius 2 is 2.11 bits per heavy atom. The molecule has 19 heavy (non-hydrogen) atoms. The number of carbonyl (C=O) groups is 2. The van der Waals surface area contributed by atoms with Crippen molar-refractivity contribution in [2.24, 2.45) is 5.92 Å². The van der Waals surface area contributed by atoms with E-state index in [1.54, 1.807) is 6.92 Å². The minimum Gasteiger partial charge on any atom is -0.481 e. The normalized spacial score (nSPS) is 23.9. The Balaban J connectivity index is 2.84. The van der Waals surface area contributed by atoms with Gasteiger partial charge >= 0.3 is 5.97 Å². The highest BCUT2D eigenvalue weighted by atomic mass is 32.2. The average Bonchev–Trinajstić information content (AvgIpc) is 2.26. The van der Waals surface area contributed by atoms with E-state index in [-0.39, 0.29) is 36.3 Å². The van der Waals surface area contributed by atoms with Crippen molar-refractivity contribution in [3.05, 3.63) is 0 Å². The van der Waals surface area contributed by atoms with Crippen molar-refractivity contribution >= 4 is 33.5 Å². The third-order valence-electron chi connectivity index (χ3n) is 3.06. The van der Waals surface area contributed by atoms with Crippen LogP contribution in [0.3, 0.4) is 0 Å². The number of amides is 1. The van der Waals surface area contributed by atoms with Gasteiger partial charge in [-0.1, -0.05) is 6.92 Å². The molecule has 0 saturated carbocycles. The standard InChI is InChI=1S/C11H19NO5S2/c1-8(6-18-2)11(15)12-3-4-19(16,17)7-9(12)5-10(13)14/h8-9H,3-7H2,1-2H3,(H,13,14). The largest absolute Gasteiger partial charge is 0.481 e. The Morgan fingerprint density at radius 1 is 1.47 bits per heavy atom. The van der Waals surface area contributed by atoms with Crippen molar-refractivity contribution in [2.45, 2.75) is 19.4 Å². The summed E-state index contributed by atoms with van der Waals surface area (Å²) < 4.78 is 23.1. The summed E-state index contributed by atoms with van der Waals surface area (Å²) in [6.07, 6.45) is 1.57. The van der Waals surface area contributed by atoms with Crippen LogP contribution in [0.2, 0.25) is 0 Å². The molecule has 0 aliphatic carbocycles. The van der Waals surface area contributed by atoms with Gasteiger partial charge in [0.05, 0.1) is 24.0 Å². The lowest BCUT2D eigenvalue weighted by molar-refractivity contribution is -0.141. The average molecular weight is 309 g/mol. The van der Waals surface area contributed by atoms with E-state index in [0.29, 0.717) is 5.75 Å². The molecule has 110 valence electrons. The van der Waals surface area contributed by atoms with Gasteiger partial charge in [0.2, 0.25) is 5.91 Å². The lowest BCUT2D eigenvalue weighted by Gasteiger charge is -2.36. The second kappa shape index (κ2) is 6.60. The molecule has 1 saturated heterocycles. The second-order valence-electron chi connectivity index (χ2n) is 4.75. The van der Waals surface area contributed by atoms with Crippen LogP contribution in [0.4, 0.5) is 0 Å². The maximum Gasteiger partial charge on any atom is 0.305 e. The van der Waals surface area contributed by atoms with Crippen molar-refractivity contribution in [3.8, 4) is 0 Å². The van der Waals surface area contributed by atoms with Crippen LogP contribution in [-0.2, 0) is 19.4 Å². The van der Waals surface area contributed by atoms with Crippen molar-refractivity contribution in [1.29, 1.82) is 0 Å². The molecule has 2 atom stereocenters. The number of aliphatic carboxylic acids is 1. The van der Waals surface area contributed by atoms with Crippen molar-refractivity contribution in [1.82, 2.24) is 4.90 Å². The molecule has 0 bridgehead atoms. The molecule has 1 N–H and O–H groups in total. The highest BCUT2D eigenvalue weighted by Gasteiger charge is 2.36. The fourth-order valence-electron chi connectivity index (χ4n) is 2.15. The Kier molecular flexibility index (Phi) is 5.66. The number of sulfone groups is 1. The van der Waals surface area contributed by atoms with E-state index in [4.69, 9.17) is 5.11 Å². The Hall–Kier alpha value is -0.760. The number of hydrogen-bond donors (Lipinski definition) is 1. The van der Waals surface area contributed by atoms with Gasteiger partial charge in [-0.05, 0) is 6.26 Å². The minimum absolute atomic E-state index is 0.0825. The molecular formula is C11H19NO5S2. The summed E-state index contributed by atoms with van der Waals surface area (Å²) in [5, 5.41) is 8.84. The topological polar surface area (TPSA) is 91.8 Å². The fourth-order valence-corrected chi connectivity index (χ4v) is 4.32. The molecule has 0 aromatic rings. The van der Waals surface area contributed by atoms with Crippen LogP contribution in [0.1, 0.15) is 13.3 Å². The zero-order chi connectivity index (χ0) is 14.6. The van der Waals surface area contributed by atoms with Gasteiger partial charge in [0.25, 0.3) is 0 Å². The minimum atomic E-state index is -3.24. The maximum atomic E-state index is 12.2. The van der Waals surface area contributed by atoms with Gasteiger partial charge in [-0.3, -0.25) is 9.59 Å². The fraction of sp³-hybridized carbons (Fsp3) is 0.818. The molecule has 0 aromatic heterocycles. The van der Waals surface area contributed by atoms with Gasteiger partial charge in [0.15, 0.2) is 9.84 Å².